The standard InChI is InChI=1S/C16H9F3N2O2/c17-16(18,19)12-5-3-11(4-6-12)14(22)15(23)21-13-7-1-10(9-20)2-8-13/h1-8H,(H,21,23). The Bertz CT molecular complexity index is 773. The van der Waals surface area contributed by atoms with Crippen molar-refractivity contribution in [3.8, 4) is 6.07 Å². The Morgan fingerprint density at radius 2 is 1.52 bits per heavy atom. The van der Waals surface area contributed by atoms with Crippen LogP contribution in [0.2, 0.25) is 0 Å². The molecule has 0 spiro atoms. The zero-order chi connectivity index (χ0) is 17.0. The smallest absolute Gasteiger partial charge is 0.319 e. The molecule has 0 saturated carbocycles. The molecule has 2 aromatic carbocycles. The number of hydrogen-bond donors (Lipinski definition) is 1. The van der Waals surface area contributed by atoms with Crippen LogP contribution < -0.4 is 5.32 Å². The summed E-state index contributed by atoms with van der Waals surface area (Å²) in [6, 6.07) is 11.1. The first kappa shape index (κ1) is 16.2. The molecule has 116 valence electrons. The van der Waals surface area contributed by atoms with Crippen molar-refractivity contribution in [3.05, 3.63) is 65.2 Å². The van der Waals surface area contributed by atoms with Crippen LogP contribution in [-0.4, -0.2) is 11.7 Å². The number of alkyl halides is 3. The van der Waals surface area contributed by atoms with E-state index in [1.807, 2.05) is 6.07 Å². The van der Waals surface area contributed by atoms with Crippen molar-refractivity contribution in [2.75, 3.05) is 5.32 Å². The third-order valence-corrected chi connectivity index (χ3v) is 2.95. The molecule has 0 saturated heterocycles. The summed E-state index contributed by atoms with van der Waals surface area (Å²) >= 11 is 0. The second-order valence-corrected chi connectivity index (χ2v) is 4.55. The van der Waals surface area contributed by atoms with E-state index in [1.165, 1.54) is 24.3 Å². The maximum absolute atomic E-state index is 12.4. The summed E-state index contributed by atoms with van der Waals surface area (Å²) in [7, 11) is 0. The summed E-state index contributed by atoms with van der Waals surface area (Å²) in [5.74, 6) is -1.93. The lowest BCUT2D eigenvalue weighted by molar-refractivity contribution is -0.137. The highest BCUT2D eigenvalue weighted by atomic mass is 19.4. The van der Waals surface area contributed by atoms with Gasteiger partial charge in [-0.2, -0.15) is 18.4 Å². The number of carbonyl (C=O) groups excluding carboxylic acids is 2. The van der Waals surface area contributed by atoms with E-state index in [4.69, 9.17) is 5.26 Å². The maximum Gasteiger partial charge on any atom is 0.416 e. The molecule has 0 aliphatic heterocycles. The van der Waals surface area contributed by atoms with E-state index in [-0.39, 0.29) is 5.56 Å². The number of carbonyl (C=O) groups is 2. The molecule has 0 fully saturated rings. The minimum absolute atomic E-state index is 0.149. The number of amides is 1. The highest BCUT2D eigenvalue weighted by Crippen LogP contribution is 2.29. The van der Waals surface area contributed by atoms with Crippen LogP contribution in [0.4, 0.5) is 18.9 Å². The quantitative estimate of drug-likeness (QED) is 0.696. The van der Waals surface area contributed by atoms with Crippen LogP contribution >= 0.6 is 0 Å². The fourth-order valence-electron chi connectivity index (χ4n) is 1.76. The summed E-state index contributed by atoms with van der Waals surface area (Å²) in [4.78, 5) is 23.7. The molecule has 7 heteroatoms. The van der Waals surface area contributed by atoms with Crippen LogP contribution in [0.25, 0.3) is 0 Å². The van der Waals surface area contributed by atoms with Crippen molar-refractivity contribution < 1.29 is 22.8 Å². The van der Waals surface area contributed by atoms with Gasteiger partial charge in [-0.15, -0.1) is 0 Å². The lowest BCUT2D eigenvalue weighted by Gasteiger charge is -2.07. The normalized spacial score (nSPS) is 10.7. The summed E-state index contributed by atoms with van der Waals surface area (Å²) in [6.07, 6.45) is -4.51. The number of ketones is 1. The summed E-state index contributed by atoms with van der Waals surface area (Å²) in [5.41, 5.74) is -0.364. The van der Waals surface area contributed by atoms with Gasteiger partial charge in [0.2, 0.25) is 0 Å². The molecule has 0 unspecified atom stereocenters. The van der Waals surface area contributed by atoms with Crippen LogP contribution in [0.3, 0.4) is 0 Å². The zero-order valence-corrected chi connectivity index (χ0v) is 11.5. The van der Waals surface area contributed by atoms with Crippen molar-refractivity contribution in [3.63, 3.8) is 0 Å². The highest BCUT2D eigenvalue weighted by Gasteiger charge is 2.30. The number of rotatable bonds is 3. The van der Waals surface area contributed by atoms with E-state index in [9.17, 15) is 22.8 Å². The predicted molar refractivity (Wildman–Crippen MR) is 75.6 cm³/mol. The van der Waals surface area contributed by atoms with Crippen molar-refractivity contribution in [2.24, 2.45) is 0 Å². The Kier molecular flexibility index (Phi) is 4.46. The van der Waals surface area contributed by atoms with E-state index < -0.39 is 23.4 Å². The predicted octanol–water partition coefficient (Wildman–Crippen LogP) is 3.40. The third-order valence-electron chi connectivity index (χ3n) is 2.95. The molecule has 0 aliphatic carbocycles. The van der Waals surface area contributed by atoms with E-state index in [0.29, 0.717) is 11.3 Å². The Morgan fingerprint density at radius 3 is 2.00 bits per heavy atom. The average Bonchev–Trinajstić information content (AvgIpc) is 2.54. The van der Waals surface area contributed by atoms with E-state index in [2.05, 4.69) is 5.32 Å². The van der Waals surface area contributed by atoms with Gasteiger partial charge >= 0.3 is 6.18 Å². The lowest BCUT2D eigenvalue weighted by Crippen LogP contribution is -2.23. The van der Waals surface area contributed by atoms with Gasteiger partial charge in [0.25, 0.3) is 11.7 Å². The molecule has 0 radical (unpaired) electrons. The summed E-state index contributed by atoms with van der Waals surface area (Å²) < 4.78 is 37.3. The van der Waals surface area contributed by atoms with Crippen molar-refractivity contribution in [1.29, 1.82) is 5.26 Å². The number of nitriles is 1. The first-order valence-corrected chi connectivity index (χ1v) is 6.34. The highest BCUT2D eigenvalue weighted by molar-refractivity contribution is 6.46. The third kappa shape index (κ3) is 3.95. The molecule has 0 heterocycles. The zero-order valence-electron chi connectivity index (χ0n) is 11.5. The van der Waals surface area contributed by atoms with Crippen molar-refractivity contribution in [2.45, 2.75) is 6.18 Å². The molecular formula is C16H9F3N2O2. The van der Waals surface area contributed by atoms with Crippen molar-refractivity contribution in [1.82, 2.24) is 0 Å². The first-order chi connectivity index (χ1) is 10.8. The molecule has 1 amide bonds. The molecule has 2 rings (SSSR count). The molecule has 0 bridgehead atoms. The van der Waals surface area contributed by atoms with E-state index in [1.54, 1.807) is 0 Å². The van der Waals surface area contributed by atoms with Crippen LogP contribution in [0.5, 0.6) is 0 Å². The number of hydrogen-bond acceptors (Lipinski definition) is 3. The average molecular weight is 318 g/mol. The molecule has 23 heavy (non-hydrogen) atoms. The van der Waals surface area contributed by atoms with Crippen LogP contribution in [0.15, 0.2) is 48.5 Å². The van der Waals surface area contributed by atoms with E-state index >= 15 is 0 Å². The Morgan fingerprint density at radius 1 is 0.957 bits per heavy atom. The molecular weight excluding hydrogens is 309 g/mol. The van der Waals surface area contributed by atoms with Gasteiger partial charge in [0.1, 0.15) is 0 Å². The van der Waals surface area contributed by atoms with Gasteiger partial charge in [0.15, 0.2) is 0 Å². The number of nitrogens with zero attached hydrogens (tertiary/aromatic N) is 1. The van der Waals surface area contributed by atoms with Gasteiger partial charge in [-0.25, -0.2) is 0 Å². The monoisotopic (exact) mass is 318 g/mol. The number of Topliss-reactive ketones (excluding diaryl/α,β-unsaturated/α-hetero) is 1. The van der Waals surface area contributed by atoms with Gasteiger partial charge in [0.05, 0.1) is 17.2 Å². The second kappa shape index (κ2) is 6.32. The van der Waals surface area contributed by atoms with Gasteiger partial charge < -0.3 is 5.32 Å². The van der Waals surface area contributed by atoms with Crippen LogP contribution in [-0.2, 0) is 11.0 Å². The molecule has 1 N–H and O–H groups in total. The van der Waals surface area contributed by atoms with E-state index in [0.717, 1.165) is 24.3 Å². The summed E-state index contributed by atoms with van der Waals surface area (Å²) in [6.45, 7) is 0. The number of halogens is 3. The van der Waals surface area contributed by atoms with Gasteiger partial charge in [-0.05, 0) is 36.4 Å². The second-order valence-electron chi connectivity index (χ2n) is 4.55. The number of benzene rings is 2. The topological polar surface area (TPSA) is 70.0 Å². The SMILES string of the molecule is N#Cc1ccc(NC(=O)C(=O)c2ccc(C(F)(F)F)cc2)cc1. The van der Waals surface area contributed by atoms with Gasteiger partial charge in [-0.1, -0.05) is 12.1 Å². The summed E-state index contributed by atoms with van der Waals surface area (Å²) in [5, 5.41) is 11.0. The Hall–Kier alpha value is -3.14. The van der Waals surface area contributed by atoms with Crippen LogP contribution in [0.1, 0.15) is 21.5 Å². The molecule has 4 nitrogen and oxygen atoms in total. The minimum Gasteiger partial charge on any atom is -0.319 e. The van der Waals surface area contributed by atoms with Crippen molar-refractivity contribution >= 4 is 17.4 Å². The molecule has 2 aromatic rings. The number of nitrogens with one attached hydrogen (secondary N) is 1. The molecule has 0 aromatic heterocycles. The Labute approximate surface area is 129 Å². The van der Waals surface area contributed by atoms with Gasteiger partial charge in [0, 0.05) is 11.3 Å². The minimum atomic E-state index is -4.51. The fraction of sp³-hybridized carbons (Fsp3) is 0.0625. The molecule has 0 aliphatic rings. The largest absolute Gasteiger partial charge is 0.416 e. The van der Waals surface area contributed by atoms with Gasteiger partial charge in [-0.3, -0.25) is 9.59 Å². The number of anilines is 1. The first-order valence-electron chi connectivity index (χ1n) is 6.34. The maximum atomic E-state index is 12.4. The fourth-order valence-corrected chi connectivity index (χ4v) is 1.76. The van der Waals surface area contributed by atoms with Crippen LogP contribution in [0, 0.1) is 11.3 Å². The Balaban J connectivity index is 2.10. The molecule has 0 atom stereocenters. The lowest BCUT2D eigenvalue weighted by atomic mass is 10.1.